The Labute approximate surface area is 133 Å². The number of anilines is 1. The van der Waals surface area contributed by atoms with E-state index in [2.05, 4.69) is 5.32 Å². The Balaban J connectivity index is 1.68. The van der Waals surface area contributed by atoms with Crippen molar-refractivity contribution < 1.29 is 13.7 Å². The van der Waals surface area contributed by atoms with Crippen molar-refractivity contribution in [2.24, 2.45) is 0 Å². The fourth-order valence-electron chi connectivity index (χ4n) is 2.89. The number of ether oxygens (including phenoxy) is 1. The minimum atomic E-state index is -0.874. The van der Waals surface area contributed by atoms with Crippen molar-refractivity contribution in [3.63, 3.8) is 0 Å². The van der Waals surface area contributed by atoms with Crippen LogP contribution in [-0.2, 0) is 17.2 Å². The van der Waals surface area contributed by atoms with Crippen LogP contribution < -0.4 is 10.1 Å². The van der Waals surface area contributed by atoms with Crippen LogP contribution in [0.15, 0.2) is 18.2 Å². The number of carbonyl (C=O) groups excluding carboxylic acids is 1. The molecular weight excluding hydrogens is 300 g/mol. The zero-order valence-electron chi connectivity index (χ0n) is 13.1. The van der Waals surface area contributed by atoms with E-state index in [1.54, 1.807) is 4.90 Å². The molecule has 1 N–H and O–H groups in total. The highest BCUT2D eigenvalue weighted by Crippen LogP contribution is 2.28. The number of carbonyl (C=O) groups is 1. The van der Waals surface area contributed by atoms with E-state index in [1.165, 1.54) is 0 Å². The van der Waals surface area contributed by atoms with Gasteiger partial charge >= 0.3 is 6.03 Å². The van der Waals surface area contributed by atoms with Crippen LogP contribution in [0.2, 0.25) is 0 Å². The number of nitrogens with zero attached hydrogens (tertiary/aromatic N) is 1. The zero-order valence-corrected chi connectivity index (χ0v) is 13.9. The van der Waals surface area contributed by atoms with Crippen LogP contribution >= 0.6 is 0 Å². The number of fused-ring (bicyclic) bond motifs is 1. The van der Waals surface area contributed by atoms with E-state index in [0.717, 1.165) is 36.4 Å². The molecule has 5 nitrogen and oxygen atoms in total. The van der Waals surface area contributed by atoms with E-state index < -0.39 is 10.8 Å². The third kappa shape index (κ3) is 3.11. The van der Waals surface area contributed by atoms with E-state index in [4.69, 9.17) is 4.74 Å². The quantitative estimate of drug-likeness (QED) is 0.863. The van der Waals surface area contributed by atoms with Crippen molar-refractivity contribution in [2.75, 3.05) is 30.8 Å². The second kappa shape index (κ2) is 5.91. The van der Waals surface area contributed by atoms with Crippen LogP contribution in [0, 0.1) is 0 Å². The Hall–Kier alpha value is -1.56. The molecule has 120 valence electrons. The van der Waals surface area contributed by atoms with Gasteiger partial charge < -0.3 is 15.0 Å². The molecule has 1 fully saturated rings. The molecule has 0 bridgehead atoms. The SMILES string of the molecule is CC1(C)CN(C(=O)Nc2ccc3c(c2)CCCO3)CC[S@@]1=O. The van der Waals surface area contributed by atoms with Crippen molar-refractivity contribution in [1.82, 2.24) is 4.90 Å². The van der Waals surface area contributed by atoms with Crippen LogP contribution in [0.5, 0.6) is 5.75 Å². The number of urea groups is 1. The van der Waals surface area contributed by atoms with Gasteiger partial charge in [0, 0.05) is 35.3 Å². The summed E-state index contributed by atoms with van der Waals surface area (Å²) in [5.41, 5.74) is 1.93. The molecule has 0 aromatic heterocycles. The third-order valence-electron chi connectivity index (χ3n) is 4.18. The summed E-state index contributed by atoms with van der Waals surface area (Å²) in [4.78, 5) is 14.2. The summed E-state index contributed by atoms with van der Waals surface area (Å²) in [6, 6.07) is 5.65. The molecule has 0 spiro atoms. The van der Waals surface area contributed by atoms with Crippen LogP contribution in [0.1, 0.15) is 25.8 Å². The van der Waals surface area contributed by atoms with Gasteiger partial charge in [-0.3, -0.25) is 4.21 Å². The van der Waals surface area contributed by atoms with Crippen molar-refractivity contribution in [3.8, 4) is 5.75 Å². The van der Waals surface area contributed by atoms with Gasteiger partial charge in [0.05, 0.1) is 11.4 Å². The fourth-order valence-corrected chi connectivity index (χ4v) is 4.13. The lowest BCUT2D eigenvalue weighted by molar-refractivity contribution is 0.207. The van der Waals surface area contributed by atoms with Gasteiger partial charge in [-0.05, 0) is 50.5 Å². The number of aryl methyl sites for hydroxylation is 1. The van der Waals surface area contributed by atoms with Gasteiger partial charge in [-0.1, -0.05) is 0 Å². The van der Waals surface area contributed by atoms with Gasteiger partial charge in [0.1, 0.15) is 5.75 Å². The highest BCUT2D eigenvalue weighted by molar-refractivity contribution is 7.86. The average Bonchev–Trinajstić information content (AvgIpc) is 2.49. The van der Waals surface area contributed by atoms with Gasteiger partial charge in [-0.15, -0.1) is 0 Å². The molecule has 1 aromatic carbocycles. The van der Waals surface area contributed by atoms with E-state index in [1.807, 2.05) is 32.0 Å². The molecule has 1 atom stereocenters. The monoisotopic (exact) mass is 322 g/mol. The summed E-state index contributed by atoms with van der Waals surface area (Å²) in [5, 5.41) is 2.95. The van der Waals surface area contributed by atoms with Crippen molar-refractivity contribution in [1.29, 1.82) is 0 Å². The van der Waals surface area contributed by atoms with Gasteiger partial charge in [-0.2, -0.15) is 0 Å². The maximum absolute atomic E-state index is 12.4. The predicted octanol–water partition coefficient (Wildman–Crippen LogP) is 2.39. The molecule has 0 unspecified atom stereocenters. The highest BCUT2D eigenvalue weighted by atomic mass is 32.2. The molecule has 22 heavy (non-hydrogen) atoms. The summed E-state index contributed by atoms with van der Waals surface area (Å²) in [6.07, 6.45) is 1.99. The molecule has 0 radical (unpaired) electrons. The van der Waals surface area contributed by atoms with Gasteiger partial charge in [0.2, 0.25) is 0 Å². The lowest BCUT2D eigenvalue weighted by atomic mass is 10.1. The minimum Gasteiger partial charge on any atom is -0.493 e. The zero-order chi connectivity index (χ0) is 15.7. The van der Waals surface area contributed by atoms with E-state index in [9.17, 15) is 9.00 Å². The number of hydrogen-bond acceptors (Lipinski definition) is 3. The molecular formula is C16H22N2O3S. The molecule has 2 heterocycles. The molecule has 3 rings (SSSR count). The molecule has 1 aromatic rings. The molecule has 2 aliphatic heterocycles. The first-order valence-electron chi connectivity index (χ1n) is 7.66. The summed E-state index contributed by atoms with van der Waals surface area (Å²) in [6.45, 7) is 5.70. The molecule has 6 heteroatoms. The Morgan fingerprint density at radius 3 is 3.00 bits per heavy atom. The summed E-state index contributed by atoms with van der Waals surface area (Å²) < 4.78 is 17.2. The van der Waals surface area contributed by atoms with Crippen LogP contribution in [0.25, 0.3) is 0 Å². The first-order chi connectivity index (χ1) is 10.5. The molecule has 0 aliphatic carbocycles. The maximum atomic E-state index is 12.4. The Morgan fingerprint density at radius 2 is 2.23 bits per heavy atom. The second-order valence-electron chi connectivity index (χ2n) is 6.44. The van der Waals surface area contributed by atoms with Crippen molar-refractivity contribution >= 4 is 22.5 Å². The largest absolute Gasteiger partial charge is 0.493 e. The first-order valence-corrected chi connectivity index (χ1v) is 8.98. The van der Waals surface area contributed by atoms with Crippen LogP contribution in [-0.4, -0.2) is 45.3 Å². The first kappa shape index (κ1) is 15.3. The van der Waals surface area contributed by atoms with Crippen molar-refractivity contribution in [2.45, 2.75) is 31.4 Å². The second-order valence-corrected chi connectivity index (χ2v) is 8.64. The van der Waals surface area contributed by atoms with Crippen LogP contribution in [0.4, 0.5) is 10.5 Å². The Morgan fingerprint density at radius 1 is 1.41 bits per heavy atom. The van der Waals surface area contributed by atoms with E-state index in [0.29, 0.717) is 18.8 Å². The molecule has 1 saturated heterocycles. The number of benzene rings is 1. The number of hydrogen-bond donors (Lipinski definition) is 1. The number of amides is 2. The molecule has 2 amide bonds. The fraction of sp³-hybridized carbons (Fsp3) is 0.562. The maximum Gasteiger partial charge on any atom is 0.321 e. The third-order valence-corrected chi connectivity index (χ3v) is 6.10. The van der Waals surface area contributed by atoms with Gasteiger partial charge in [0.15, 0.2) is 0 Å². The Bertz CT molecular complexity index is 615. The predicted molar refractivity (Wildman–Crippen MR) is 87.9 cm³/mol. The van der Waals surface area contributed by atoms with Gasteiger partial charge in [-0.25, -0.2) is 4.79 Å². The van der Waals surface area contributed by atoms with Crippen molar-refractivity contribution in [3.05, 3.63) is 23.8 Å². The summed E-state index contributed by atoms with van der Waals surface area (Å²) in [5.74, 6) is 1.46. The van der Waals surface area contributed by atoms with E-state index in [-0.39, 0.29) is 10.8 Å². The number of rotatable bonds is 1. The number of nitrogens with one attached hydrogen (secondary N) is 1. The lowest BCUT2D eigenvalue weighted by Crippen LogP contribution is -2.53. The minimum absolute atomic E-state index is 0.124. The van der Waals surface area contributed by atoms with E-state index >= 15 is 0 Å². The summed E-state index contributed by atoms with van der Waals surface area (Å²) in [7, 11) is -0.874. The average molecular weight is 322 g/mol. The lowest BCUT2D eigenvalue weighted by Gasteiger charge is -2.37. The normalized spacial score (nSPS) is 23.4. The highest BCUT2D eigenvalue weighted by Gasteiger charge is 2.35. The smallest absolute Gasteiger partial charge is 0.321 e. The van der Waals surface area contributed by atoms with Crippen LogP contribution in [0.3, 0.4) is 0 Å². The Kier molecular flexibility index (Phi) is 4.12. The summed E-state index contributed by atoms with van der Waals surface area (Å²) >= 11 is 0. The molecule has 0 saturated carbocycles. The topological polar surface area (TPSA) is 58.6 Å². The molecule has 2 aliphatic rings. The standard InChI is InChI=1S/C16H22N2O3S/c1-16(2)11-18(7-9-22(16)20)15(19)17-13-5-6-14-12(10-13)4-3-8-21-14/h5-6,10H,3-4,7-9,11H2,1-2H3,(H,17,19)/t22-/m0/s1. The van der Waals surface area contributed by atoms with Gasteiger partial charge in [0.25, 0.3) is 0 Å².